The third-order valence-electron chi connectivity index (χ3n) is 9.97. The van der Waals surface area contributed by atoms with Crippen LogP contribution < -0.4 is 21.0 Å². The highest BCUT2D eigenvalue weighted by Gasteiger charge is 2.31. The van der Waals surface area contributed by atoms with Crippen molar-refractivity contribution in [1.29, 1.82) is 0 Å². The molecular weight excluding hydrogens is 565 g/mol. The van der Waals surface area contributed by atoms with Crippen LogP contribution in [0.25, 0.3) is 10.9 Å². The van der Waals surface area contributed by atoms with Crippen molar-refractivity contribution in [2.75, 3.05) is 42.5 Å². The standard InChI is InChI=1S/C36H44FN7O/c1-24-5-6-30(18-40-24)41-12-3-4-31(23-41)43(19-26-9-11-39-25(2)14-26)21-28-22-44(29-7-8-29)34-16-35(33(37)15-32(34)36(28)45)42-13-10-27(17-38)20-42/h5-6,9,11,14-16,18,22,27,29,31H,3-4,7-8,10,12-13,17,19-21,23,38H2,1-2H3/t27-,31-/m0/s1. The molecule has 2 atom stereocenters. The summed E-state index contributed by atoms with van der Waals surface area (Å²) in [6.45, 7) is 9.23. The predicted octanol–water partition coefficient (Wildman–Crippen LogP) is 5.34. The van der Waals surface area contributed by atoms with Crippen molar-refractivity contribution < 1.29 is 4.39 Å². The van der Waals surface area contributed by atoms with E-state index in [0.717, 1.165) is 86.4 Å². The average molecular weight is 610 g/mol. The summed E-state index contributed by atoms with van der Waals surface area (Å²) in [7, 11) is 0. The fourth-order valence-electron chi connectivity index (χ4n) is 7.27. The lowest BCUT2D eigenvalue weighted by Gasteiger charge is -2.40. The number of piperidine rings is 1. The van der Waals surface area contributed by atoms with Crippen molar-refractivity contribution >= 4 is 22.3 Å². The number of nitrogens with two attached hydrogens (primary N) is 1. The van der Waals surface area contributed by atoms with E-state index in [0.29, 0.717) is 42.7 Å². The SMILES string of the molecule is Cc1ccc(N2CCC[C@H](N(Cc3ccnc(C)c3)Cc3cn(C4CC4)c4cc(N5CC[C@@H](CN)C5)c(F)cc4c3=O)C2)cn1. The minimum Gasteiger partial charge on any atom is -0.369 e. The fraction of sp³-hybridized carbons (Fsp3) is 0.472. The molecule has 2 aliphatic heterocycles. The smallest absolute Gasteiger partial charge is 0.193 e. The van der Waals surface area contributed by atoms with Gasteiger partial charge in [-0.15, -0.1) is 0 Å². The lowest BCUT2D eigenvalue weighted by Crippen LogP contribution is -2.48. The average Bonchev–Trinajstić information content (AvgIpc) is 3.78. The fourth-order valence-corrected chi connectivity index (χ4v) is 7.27. The summed E-state index contributed by atoms with van der Waals surface area (Å²) >= 11 is 0. The number of aromatic nitrogens is 3. The normalized spacial score (nSPS) is 20.5. The Balaban J connectivity index is 1.24. The van der Waals surface area contributed by atoms with Crippen LogP contribution in [0.15, 0.2) is 59.8 Å². The van der Waals surface area contributed by atoms with Gasteiger partial charge in [-0.2, -0.15) is 0 Å². The Morgan fingerprint density at radius 3 is 2.56 bits per heavy atom. The Kier molecular flexibility index (Phi) is 8.31. The van der Waals surface area contributed by atoms with Gasteiger partial charge in [0, 0.05) is 86.1 Å². The number of pyridine rings is 3. The van der Waals surface area contributed by atoms with Crippen LogP contribution in [0.1, 0.15) is 60.7 Å². The summed E-state index contributed by atoms with van der Waals surface area (Å²) in [4.78, 5) is 30.1. The highest BCUT2D eigenvalue weighted by Crippen LogP contribution is 2.39. The second-order valence-electron chi connectivity index (χ2n) is 13.4. The first-order valence-electron chi connectivity index (χ1n) is 16.5. The van der Waals surface area contributed by atoms with Gasteiger partial charge in [0.1, 0.15) is 5.82 Å². The molecule has 3 aliphatic rings. The molecule has 2 N–H and O–H groups in total. The molecule has 0 unspecified atom stereocenters. The molecule has 5 heterocycles. The number of anilines is 2. The van der Waals surface area contributed by atoms with Crippen molar-refractivity contribution in [1.82, 2.24) is 19.4 Å². The van der Waals surface area contributed by atoms with E-state index in [1.165, 1.54) is 11.6 Å². The third-order valence-corrected chi connectivity index (χ3v) is 9.97. The zero-order valence-electron chi connectivity index (χ0n) is 26.5. The van der Waals surface area contributed by atoms with E-state index in [2.05, 4.69) is 59.7 Å². The maximum atomic E-state index is 15.7. The monoisotopic (exact) mass is 609 g/mol. The van der Waals surface area contributed by atoms with Gasteiger partial charge in [0.2, 0.25) is 0 Å². The summed E-state index contributed by atoms with van der Waals surface area (Å²) in [5.41, 5.74) is 12.3. The Morgan fingerprint density at radius 1 is 0.956 bits per heavy atom. The van der Waals surface area contributed by atoms with Crippen molar-refractivity contribution in [3.8, 4) is 0 Å². The number of hydrogen-bond acceptors (Lipinski definition) is 7. The molecular formula is C36H44FN7O. The molecule has 3 fully saturated rings. The van der Waals surface area contributed by atoms with Crippen LogP contribution in [0.3, 0.4) is 0 Å². The lowest BCUT2D eigenvalue weighted by atomic mass is 10.0. The van der Waals surface area contributed by atoms with Crippen LogP contribution in [0, 0.1) is 25.6 Å². The Bertz CT molecular complexity index is 1730. The molecule has 236 valence electrons. The predicted molar refractivity (Wildman–Crippen MR) is 178 cm³/mol. The summed E-state index contributed by atoms with van der Waals surface area (Å²) < 4.78 is 18.0. The van der Waals surface area contributed by atoms with Crippen LogP contribution in [0.5, 0.6) is 0 Å². The maximum absolute atomic E-state index is 15.7. The highest BCUT2D eigenvalue weighted by molar-refractivity contribution is 5.84. The molecule has 2 saturated heterocycles. The molecule has 1 aromatic carbocycles. The molecule has 4 aromatic rings. The van der Waals surface area contributed by atoms with Crippen molar-refractivity contribution in [2.24, 2.45) is 11.7 Å². The number of nitrogens with zero attached hydrogens (tertiary/aromatic N) is 6. The van der Waals surface area contributed by atoms with Gasteiger partial charge in [-0.1, -0.05) is 0 Å². The van der Waals surface area contributed by atoms with Gasteiger partial charge in [-0.3, -0.25) is 19.7 Å². The van der Waals surface area contributed by atoms with Crippen molar-refractivity contribution in [3.05, 3.63) is 93.5 Å². The molecule has 45 heavy (non-hydrogen) atoms. The van der Waals surface area contributed by atoms with Gasteiger partial charge >= 0.3 is 0 Å². The van der Waals surface area contributed by atoms with Gasteiger partial charge < -0.3 is 20.1 Å². The Hall–Kier alpha value is -3.82. The first kappa shape index (κ1) is 29.9. The number of rotatable bonds is 9. The van der Waals surface area contributed by atoms with E-state index >= 15 is 4.39 Å². The Labute approximate surface area is 264 Å². The summed E-state index contributed by atoms with van der Waals surface area (Å²) in [6, 6.07) is 12.4. The zero-order chi connectivity index (χ0) is 31.1. The van der Waals surface area contributed by atoms with Gasteiger partial charge in [0.05, 0.1) is 23.1 Å². The van der Waals surface area contributed by atoms with Gasteiger partial charge in [0.25, 0.3) is 0 Å². The van der Waals surface area contributed by atoms with Gasteiger partial charge in [-0.25, -0.2) is 4.39 Å². The van der Waals surface area contributed by atoms with Gasteiger partial charge in [-0.05, 0) is 100 Å². The summed E-state index contributed by atoms with van der Waals surface area (Å²) in [6.07, 6.45) is 11.1. The van der Waals surface area contributed by atoms with E-state index in [1.807, 2.05) is 32.3 Å². The van der Waals surface area contributed by atoms with Crippen LogP contribution in [-0.2, 0) is 13.1 Å². The Morgan fingerprint density at radius 2 is 1.82 bits per heavy atom. The van der Waals surface area contributed by atoms with Crippen LogP contribution >= 0.6 is 0 Å². The molecule has 3 aromatic heterocycles. The van der Waals surface area contributed by atoms with Crippen LogP contribution in [0.2, 0.25) is 0 Å². The number of benzene rings is 1. The van der Waals surface area contributed by atoms with Crippen molar-refractivity contribution in [3.63, 3.8) is 0 Å². The van der Waals surface area contributed by atoms with Crippen molar-refractivity contribution in [2.45, 2.75) is 71.1 Å². The quantitative estimate of drug-likeness (QED) is 0.274. The maximum Gasteiger partial charge on any atom is 0.193 e. The molecule has 0 bridgehead atoms. The van der Waals surface area contributed by atoms with E-state index < -0.39 is 0 Å². The minimum atomic E-state index is -0.324. The zero-order valence-corrected chi connectivity index (χ0v) is 26.5. The van der Waals surface area contributed by atoms with E-state index in [4.69, 9.17) is 5.73 Å². The van der Waals surface area contributed by atoms with E-state index in [9.17, 15) is 4.79 Å². The lowest BCUT2D eigenvalue weighted by molar-refractivity contribution is 0.158. The molecule has 1 aliphatic carbocycles. The minimum absolute atomic E-state index is 0.0695. The number of halogens is 1. The molecule has 0 spiro atoms. The van der Waals surface area contributed by atoms with Gasteiger partial charge in [0.15, 0.2) is 5.43 Å². The number of fused-ring (bicyclic) bond motifs is 1. The molecule has 1 saturated carbocycles. The number of hydrogen-bond donors (Lipinski definition) is 1. The molecule has 8 nitrogen and oxygen atoms in total. The second kappa shape index (κ2) is 12.5. The molecule has 7 rings (SSSR count). The van der Waals surface area contributed by atoms with E-state index in [1.54, 1.807) is 0 Å². The summed E-state index contributed by atoms with van der Waals surface area (Å²) in [5, 5.41) is 0.478. The van der Waals surface area contributed by atoms with E-state index in [-0.39, 0.29) is 17.3 Å². The molecule has 0 radical (unpaired) electrons. The summed E-state index contributed by atoms with van der Waals surface area (Å²) in [5.74, 6) is 0.0526. The second-order valence-corrected chi connectivity index (χ2v) is 13.4. The van der Waals surface area contributed by atoms with Crippen LogP contribution in [-0.4, -0.2) is 58.2 Å². The molecule has 9 heteroatoms. The first-order valence-corrected chi connectivity index (χ1v) is 16.5. The first-order chi connectivity index (χ1) is 21.9. The highest BCUT2D eigenvalue weighted by atomic mass is 19.1. The molecule has 0 amide bonds. The topological polar surface area (TPSA) is 83.5 Å². The third kappa shape index (κ3) is 6.33. The number of aryl methyl sites for hydroxylation is 2. The largest absolute Gasteiger partial charge is 0.369 e. The van der Waals surface area contributed by atoms with Crippen LogP contribution in [0.4, 0.5) is 15.8 Å².